The third-order valence-electron chi connectivity index (χ3n) is 5.02. The van der Waals surface area contributed by atoms with E-state index in [-0.39, 0.29) is 5.56 Å². The van der Waals surface area contributed by atoms with Crippen LogP contribution >= 0.6 is 0 Å². The Morgan fingerprint density at radius 1 is 1.04 bits per heavy atom. The zero-order valence-corrected chi connectivity index (χ0v) is 14.2. The van der Waals surface area contributed by atoms with Gasteiger partial charge < -0.3 is 4.57 Å². The maximum absolute atomic E-state index is 12.7. The highest BCUT2D eigenvalue weighted by atomic mass is 16.1. The fraction of sp³-hybridized carbons (Fsp3) is 0.158. The predicted octanol–water partition coefficient (Wildman–Crippen LogP) is 2.72. The second-order valence-electron chi connectivity index (χ2n) is 6.42. The van der Waals surface area contributed by atoms with Gasteiger partial charge in [0.1, 0.15) is 0 Å². The minimum atomic E-state index is -0.0155. The highest BCUT2D eigenvalue weighted by molar-refractivity contribution is 6.07. The predicted molar refractivity (Wildman–Crippen MR) is 100 cm³/mol. The Bertz CT molecular complexity index is 1260. The molecule has 0 aliphatic heterocycles. The lowest BCUT2D eigenvalue weighted by molar-refractivity contribution is 0.881. The number of rotatable bonds is 2. The molecule has 7 nitrogen and oxygen atoms in total. The average molecular weight is 344 g/mol. The van der Waals surface area contributed by atoms with Crippen molar-refractivity contribution in [2.45, 2.75) is 12.8 Å². The first-order valence-corrected chi connectivity index (χ1v) is 8.47. The van der Waals surface area contributed by atoms with E-state index in [9.17, 15) is 4.79 Å². The van der Waals surface area contributed by atoms with Crippen LogP contribution in [-0.2, 0) is 7.05 Å². The Hall–Kier alpha value is -3.48. The largest absolute Gasteiger partial charge is 0.342 e. The van der Waals surface area contributed by atoms with E-state index in [4.69, 9.17) is 0 Å². The quantitative estimate of drug-likeness (QED) is 0.606. The molecule has 0 fully saturated rings. The molecule has 0 radical (unpaired) electrons. The van der Waals surface area contributed by atoms with Gasteiger partial charge in [-0.25, -0.2) is 5.10 Å². The molecule has 0 atom stereocenters. The van der Waals surface area contributed by atoms with Crippen molar-refractivity contribution in [1.82, 2.24) is 29.8 Å². The van der Waals surface area contributed by atoms with Gasteiger partial charge in [0.05, 0.1) is 16.6 Å². The number of nitrogens with zero attached hydrogens (tertiary/aromatic N) is 5. The molecule has 4 aromatic rings. The van der Waals surface area contributed by atoms with E-state index in [2.05, 4.69) is 37.3 Å². The summed E-state index contributed by atoms with van der Waals surface area (Å²) in [6.07, 6.45) is 5.49. The molecule has 0 saturated heterocycles. The van der Waals surface area contributed by atoms with Crippen LogP contribution in [0.5, 0.6) is 0 Å². The molecule has 1 N–H and O–H groups in total. The second kappa shape index (κ2) is 5.52. The Morgan fingerprint density at radius 2 is 1.92 bits per heavy atom. The van der Waals surface area contributed by atoms with Gasteiger partial charge in [-0.3, -0.25) is 9.36 Å². The number of allylic oxidation sites excluding steroid dienone is 4. The lowest BCUT2D eigenvalue weighted by atomic mass is 10.0. The first-order valence-electron chi connectivity index (χ1n) is 8.47. The first-order chi connectivity index (χ1) is 12.7. The molecule has 1 aromatic carbocycles. The summed E-state index contributed by atoms with van der Waals surface area (Å²) in [6.45, 7) is 0. The van der Waals surface area contributed by atoms with Crippen LogP contribution < -0.4 is 5.56 Å². The van der Waals surface area contributed by atoms with E-state index in [1.165, 1.54) is 0 Å². The minimum absolute atomic E-state index is 0.0155. The van der Waals surface area contributed by atoms with Crippen molar-refractivity contribution in [3.63, 3.8) is 0 Å². The lowest BCUT2D eigenvalue weighted by Crippen LogP contribution is -2.19. The Morgan fingerprint density at radius 3 is 2.69 bits per heavy atom. The average Bonchev–Trinajstić information content (AvgIpc) is 3.30. The van der Waals surface area contributed by atoms with Crippen molar-refractivity contribution >= 4 is 33.2 Å². The Labute approximate surface area is 148 Å². The van der Waals surface area contributed by atoms with Crippen LogP contribution in [0.25, 0.3) is 33.2 Å². The third kappa shape index (κ3) is 2.07. The van der Waals surface area contributed by atoms with Gasteiger partial charge in [0, 0.05) is 24.2 Å². The molecule has 3 heterocycles. The second-order valence-corrected chi connectivity index (χ2v) is 6.42. The number of benzene rings is 1. The Balaban J connectivity index is 1.76. The number of aromatic amines is 1. The molecule has 26 heavy (non-hydrogen) atoms. The van der Waals surface area contributed by atoms with E-state index < -0.39 is 0 Å². The van der Waals surface area contributed by atoms with Gasteiger partial charge in [-0.15, -0.1) is 5.10 Å². The molecule has 128 valence electrons. The zero-order chi connectivity index (χ0) is 17.7. The standard InChI is InChI=1S/C19H16N6O/c1-24-15-5-3-2-4-14(15)18-16(24)10-11-17(26)25(18)13-8-6-12(7-9-13)19-20-22-23-21-19/h2-6,8,10-11H,7,9H2,1H3,(H,20,21,22,23). The van der Waals surface area contributed by atoms with Crippen LogP contribution in [0.4, 0.5) is 0 Å². The molecule has 7 heteroatoms. The summed E-state index contributed by atoms with van der Waals surface area (Å²) in [6, 6.07) is 11.7. The van der Waals surface area contributed by atoms with Crippen LogP contribution in [0.3, 0.4) is 0 Å². The molecule has 0 spiro atoms. The molecule has 0 bridgehead atoms. The topological polar surface area (TPSA) is 81.4 Å². The van der Waals surface area contributed by atoms with Crippen molar-refractivity contribution in [3.8, 4) is 0 Å². The van der Waals surface area contributed by atoms with E-state index in [0.29, 0.717) is 5.82 Å². The smallest absolute Gasteiger partial charge is 0.255 e. The number of nitrogens with one attached hydrogen (secondary N) is 1. The summed E-state index contributed by atoms with van der Waals surface area (Å²) in [4.78, 5) is 12.7. The fourth-order valence-corrected chi connectivity index (χ4v) is 3.74. The van der Waals surface area contributed by atoms with Crippen LogP contribution in [-0.4, -0.2) is 29.8 Å². The highest BCUT2D eigenvalue weighted by Crippen LogP contribution is 2.32. The number of pyridine rings is 1. The number of H-pyrrole nitrogens is 1. The molecule has 0 unspecified atom stereocenters. The number of fused-ring (bicyclic) bond motifs is 3. The van der Waals surface area contributed by atoms with Crippen LogP contribution in [0.2, 0.25) is 0 Å². The summed E-state index contributed by atoms with van der Waals surface area (Å²) in [5.41, 5.74) is 5.12. The molecular formula is C19H16N6O. The maximum atomic E-state index is 12.7. The highest BCUT2D eigenvalue weighted by Gasteiger charge is 2.18. The summed E-state index contributed by atoms with van der Waals surface area (Å²) in [5.74, 6) is 0.677. The normalized spacial score (nSPS) is 14.7. The van der Waals surface area contributed by atoms with Crippen LogP contribution in [0, 0.1) is 0 Å². The fourth-order valence-electron chi connectivity index (χ4n) is 3.74. The van der Waals surface area contributed by atoms with Gasteiger partial charge in [-0.2, -0.15) is 0 Å². The number of aryl methyl sites for hydroxylation is 1. The summed E-state index contributed by atoms with van der Waals surface area (Å²) in [7, 11) is 2.03. The summed E-state index contributed by atoms with van der Waals surface area (Å²) < 4.78 is 3.97. The molecule has 0 amide bonds. The number of tetrazole rings is 1. The number of aromatic nitrogens is 6. The van der Waals surface area contributed by atoms with E-state index in [1.54, 1.807) is 6.07 Å². The summed E-state index contributed by atoms with van der Waals surface area (Å²) in [5, 5.41) is 15.1. The van der Waals surface area contributed by atoms with E-state index in [0.717, 1.165) is 46.0 Å². The maximum Gasteiger partial charge on any atom is 0.255 e. The lowest BCUT2D eigenvalue weighted by Gasteiger charge is -2.16. The van der Waals surface area contributed by atoms with E-state index >= 15 is 0 Å². The SMILES string of the molecule is Cn1c2ccccc2c2c1ccc(=O)n2C1=CC=C(c2nnn[nH]2)CC1. The zero-order valence-electron chi connectivity index (χ0n) is 14.2. The van der Waals surface area contributed by atoms with Gasteiger partial charge in [0.15, 0.2) is 5.82 Å². The van der Waals surface area contributed by atoms with E-state index in [1.807, 2.05) is 42.0 Å². The monoisotopic (exact) mass is 344 g/mol. The van der Waals surface area contributed by atoms with Gasteiger partial charge >= 0.3 is 0 Å². The molecule has 0 saturated carbocycles. The Kier molecular flexibility index (Phi) is 3.15. The van der Waals surface area contributed by atoms with Gasteiger partial charge in [0.2, 0.25) is 0 Å². The third-order valence-corrected chi connectivity index (χ3v) is 5.02. The molecule has 5 rings (SSSR count). The number of hydrogen-bond acceptors (Lipinski definition) is 4. The van der Waals surface area contributed by atoms with Crippen molar-refractivity contribution < 1.29 is 0 Å². The van der Waals surface area contributed by atoms with Gasteiger partial charge in [-0.05, 0) is 47.1 Å². The van der Waals surface area contributed by atoms with Gasteiger partial charge in [0.25, 0.3) is 5.56 Å². The van der Waals surface area contributed by atoms with Gasteiger partial charge in [-0.1, -0.05) is 24.3 Å². The molecule has 1 aliphatic rings. The minimum Gasteiger partial charge on any atom is -0.342 e. The molecule has 1 aliphatic carbocycles. The number of para-hydroxylation sites is 1. The van der Waals surface area contributed by atoms with Crippen LogP contribution in [0.15, 0.2) is 53.3 Å². The van der Waals surface area contributed by atoms with Crippen molar-refractivity contribution in [1.29, 1.82) is 0 Å². The van der Waals surface area contributed by atoms with Crippen molar-refractivity contribution in [2.24, 2.45) is 7.05 Å². The summed E-state index contributed by atoms with van der Waals surface area (Å²) >= 11 is 0. The van der Waals surface area contributed by atoms with Crippen molar-refractivity contribution in [3.05, 3.63) is 64.7 Å². The number of hydrogen-bond donors (Lipinski definition) is 1. The molecular weight excluding hydrogens is 328 g/mol. The van der Waals surface area contributed by atoms with Crippen molar-refractivity contribution in [2.75, 3.05) is 0 Å². The first kappa shape index (κ1) is 14.8. The molecule has 3 aromatic heterocycles. The van der Waals surface area contributed by atoms with Crippen LogP contribution in [0.1, 0.15) is 18.7 Å².